The first kappa shape index (κ1) is 20.8. The van der Waals surface area contributed by atoms with Crippen LogP contribution in [0.25, 0.3) is 11.1 Å². The monoisotopic (exact) mass is 411 g/mol. The lowest BCUT2D eigenvalue weighted by atomic mass is 9.96. The summed E-state index contributed by atoms with van der Waals surface area (Å²) in [4.78, 5) is 19.4. The number of aromatic nitrogens is 1. The second-order valence-corrected chi connectivity index (χ2v) is 8.73. The van der Waals surface area contributed by atoms with Gasteiger partial charge in [0.1, 0.15) is 17.1 Å². The van der Waals surface area contributed by atoms with Crippen molar-refractivity contribution in [1.29, 1.82) is 0 Å². The number of ether oxygens (including phenoxy) is 1. The number of amides is 1. The van der Waals surface area contributed by atoms with E-state index in [0.717, 1.165) is 42.8 Å². The van der Waals surface area contributed by atoms with Gasteiger partial charge < -0.3 is 9.64 Å². The SMILES string of the molecule is CCOc1ccc(F)c(-c2cc(C(C)C)nc([C@H]3CC[C@@]4(CCN(C)C4=O)N3)c2)c1. The van der Waals surface area contributed by atoms with Crippen LogP contribution < -0.4 is 10.1 Å². The molecule has 1 N–H and O–H groups in total. The van der Waals surface area contributed by atoms with Crippen molar-refractivity contribution in [2.24, 2.45) is 0 Å². The molecule has 0 saturated carbocycles. The summed E-state index contributed by atoms with van der Waals surface area (Å²) in [6, 6.07) is 8.75. The number of hydrogen-bond donors (Lipinski definition) is 1. The Labute approximate surface area is 177 Å². The topological polar surface area (TPSA) is 54.5 Å². The Hall–Kier alpha value is -2.47. The van der Waals surface area contributed by atoms with Crippen molar-refractivity contribution >= 4 is 5.91 Å². The van der Waals surface area contributed by atoms with Gasteiger partial charge in [-0.1, -0.05) is 13.8 Å². The number of halogens is 1. The lowest BCUT2D eigenvalue weighted by molar-refractivity contribution is -0.131. The van der Waals surface area contributed by atoms with Crippen LogP contribution in [-0.2, 0) is 4.79 Å². The van der Waals surface area contributed by atoms with Crippen LogP contribution in [0.15, 0.2) is 30.3 Å². The molecule has 4 rings (SSSR count). The quantitative estimate of drug-likeness (QED) is 0.791. The van der Waals surface area contributed by atoms with Gasteiger partial charge in [-0.25, -0.2) is 4.39 Å². The smallest absolute Gasteiger partial charge is 0.242 e. The fourth-order valence-electron chi connectivity index (χ4n) is 4.57. The summed E-state index contributed by atoms with van der Waals surface area (Å²) in [7, 11) is 1.86. The maximum atomic E-state index is 14.7. The van der Waals surface area contributed by atoms with Gasteiger partial charge in [-0.05, 0) is 68.0 Å². The minimum absolute atomic E-state index is 0.0176. The molecular formula is C24H30FN3O2. The van der Waals surface area contributed by atoms with Gasteiger partial charge in [-0.15, -0.1) is 0 Å². The molecule has 1 spiro atoms. The van der Waals surface area contributed by atoms with Crippen LogP contribution >= 0.6 is 0 Å². The van der Waals surface area contributed by atoms with Gasteiger partial charge >= 0.3 is 0 Å². The number of carbonyl (C=O) groups excluding carboxylic acids is 1. The minimum atomic E-state index is -0.477. The van der Waals surface area contributed by atoms with Crippen LogP contribution in [0.2, 0.25) is 0 Å². The average Bonchev–Trinajstić information content (AvgIpc) is 3.29. The number of nitrogens with one attached hydrogen (secondary N) is 1. The summed E-state index contributed by atoms with van der Waals surface area (Å²) < 4.78 is 20.3. The van der Waals surface area contributed by atoms with Crippen molar-refractivity contribution in [2.45, 2.75) is 57.5 Å². The van der Waals surface area contributed by atoms with Gasteiger partial charge in [0.2, 0.25) is 5.91 Å². The minimum Gasteiger partial charge on any atom is -0.494 e. The Bertz CT molecular complexity index is 961. The summed E-state index contributed by atoms with van der Waals surface area (Å²) >= 11 is 0. The predicted octanol–water partition coefficient (Wildman–Crippen LogP) is 4.44. The maximum Gasteiger partial charge on any atom is 0.242 e. The average molecular weight is 412 g/mol. The molecule has 160 valence electrons. The molecule has 2 fully saturated rings. The highest BCUT2D eigenvalue weighted by atomic mass is 19.1. The molecule has 2 aromatic rings. The lowest BCUT2D eigenvalue weighted by Gasteiger charge is -2.24. The molecule has 2 aliphatic heterocycles. The van der Waals surface area contributed by atoms with E-state index in [4.69, 9.17) is 9.72 Å². The number of carbonyl (C=O) groups is 1. The van der Waals surface area contributed by atoms with Gasteiger partial charge in [0.15, 0.2) is 0 Å². The van der Waals surface area contributed by atoms with Crippen molar-refractivity contribution in [3.05, 3.63) is 47.5 Å². The van der Waals surface area contributed by atoms with E-state index in [1.807, 2.05) is 26.1 Å². The highest BCUT2D eigenvalue weighted by Crippen LogP contribution is 2.40. The third kappa shape index (κ3) is 3.69. The molecule has 2 aliphatic rings. The fraction of sp³-hybridized carbons (Fsp3) is 0.500. The van der Waals surface area contributed by atoms with Gasteiger partial charge in [-0.3, -0.25) is 15.1 Å². The normalized spacial score (nSPS) is 23.7. The number of likely N-dealkylation sites (tertiary alicyclic amines) is 1. The number of likely N-dealkylation sites (N-methyl/N-ethyl adjacent to an activating group) is 1. The van der Waals surface area contributed by atoms with Crippen molar-refractivity contribution < 1.29 is 13.9 Å². The zero-order valence-corrected chi connectivity index (χ0v) is 18.2. The van der Waals surface area contributed by atoms with Gasteiger partial charge in [0, 0.05) is 24.8 Å². The highest BCUT2D eigenvalue weighted by molar-refractivity contribution is 5.88. The molecule has 2 saturated heterocycles. The van der Waals surface area contributed by atoms with E-state index in [1.165, 1.54) is 6.07 Å². The van der Waals surface area contributed by atoms with Gasteiger partial charge in [0.25, 0.3) is 0 Å². The van der Waals surface area contributed by atoms with Crippen LogP contribution in [0.5, 0.6) is 5.75 Å². The Kier molecular flexibility index (Phi) is 5.53. The fourth-order valence-corrected chi connectivity index (χ4v) is 4.57. The van der Waals surface area contributed by atoms with Crippen molar-refractivity contribution in [3.8, 4) is 16.9 Å². The molecule has 0 radical (unpaired) electrons. The Balaban J connectivity index is 1.72. The summed E-state index contributed by atoms with van der Waals surface area (Å²) in [6.45, 7) is 7.39. The summed E-state index contributed by atoms with van der Waals surface area (Å²) in [6.07, 6.45) is 2.47. The highest BCUT2D eigenvalue weighted by Gasteiger charge is 2.50. The second kappa shape index (κ2) is 7.99. The van der Waals surface area contributed by atoms with E-state index < -0.39 is 5.54 Å². The van der Waals surface area contributed by atoms with E-state index in [2.05, 4.69) is 19.2 Å². The lowest BCUT2D eigenvalue weighted by Crippen LogP contribution is -2.47. The zero-order chi connectivity index (χ0) is 21.5. The molecule has 0 bridgehead atoms. The maximum absolute atomic E-state index is 14.7. The summed E-state index contributed by atoms with van der Waals surface area (Å²) in [5.41, 5.74) is 2.61. The van der Waals surface area contributed by atoms with E-state index in [-0.39, 0.29) is 23.7 Å². The van der Waals surface area contributed by atoms with Crippen molar-refractivity contribution in [3.63, 3.8) is 0 Å². The standard InChI is InChI=1S/C24H30FN3O2/c1-5-30-17-6-7-19(25)18(14-17)16-12-21(15(2)3)26-22(13-16)20-8-9-24(27-20)10-11-28(4)23(24)29/h6-7,12-15,20,27H,5,8-11H2,1-4H3/t20-,24+/m1/s1. The molecule has 0 unspecified atom stereocenters. The van der Waals surface area contributed by atoms with Crippen LogP contribution in [0.1, 0.15) is 63.4 Å². The second-order valence-electron chi connectivity index (χ2n) is 8.73. The van der Waals surface area contributed by atoms with E-state index >= 15 is 0 Å². The first-order valence-electron chi connectivity index (χ1n) is 10.8. The Morgan fingerprint density at radius 1 is 1.30 bits per heavy atom. The summed E-state index contributed by atoms with van der Waals surface area (Å²) in [5, 5.41) is 3.58. The number of hydrogen-bond acceptors (Lipinski definition) is 4. The third-order valence-corrected chi connectivity index (χ3v) is 6.31. The molecule has 1 aromatic carbocycles. The Morgan fingerprint density at radius 3 is 2.77 bits per heavy atom. The molecule has 1 amide bonds. The van der Waals surface area contributed by atoms with E-state index in [0.29, 0.717) is 17.9 Å². The number of rotatable bonds is 5. The predicted molar refractivity (Wildman–Crippen MR) is 115 cm³/mol. The molecule has 1 aromatic heterocycles. The van der Waals surface area contributed by atoms with Crippen LogP contribution in [0.4, 0.5) is 4.39 Å². The number of benzene rings is 1. The van der Waals surface area contributed by atoms with Crippen LogP contribution in [0, 0.1) is 5.82 Å². The van der Waals surface area contributed by atoms with Crippen LogP contribution in [-0.4, -0.2) is 41.5 Å². The van der Waals surface area contributed by atoms with Gasteiger partial charge in [0.05, 0.1) is 18.3 Å². The molecule has 3 heterocycles. The first-order chi connectivity index (χ1) is 14.3. The van der Waals surface area contributed by atoms with Gasteiger partial charge in [-0.2, -0.15) is 0 Å². The van der Waals surface area contributed by atoms with Crippen LogP contribution in [0.3, 0.4) is 0 Å². The molecule has 0 aliphatic carbocycles. The third-order valence-electron chi connectivity index (χ3n) is 6.31. The summed E-state index contributed by atoms with van der Waals surface area (Å²) in [5.74, 6) is 0.738. The molecule has 5 nitrogen and oxygen atoms in total. The molecular weight excluding hydrogens is 381 g/mol. The van der Waals surface area contributed by atoms with E-state index in [9.17, 15) is 9.18 Å². The number of pyridine rings is 1. The first-order valence-corrected chi connectivity index (χ1v) is 10.8. The molecule has 2 atom stereocenters. The zero-order valence-electron chi connectivity index (χ0n) is 18.2. The molecule has 30 heavy (non-hydrogen) atoms. The largest absolute Gasteiger partial charge is 0.494 e. The Morgan fingerprint density at radius 2 is 2.10 bits per heavy atom. The molecule has 6 heteroatoms. The van der Waals surface area contributed by atoms with E-state index in [1.54, 1.807) is 17.0 Å². The number of nitrogens with zero attached hydrogens (tertiary/aromatic N) is 2. The van der Waals surface area contributed by atoms with Crippen molar-refractivity contribution in [1.82, 2.24) is 15.2 Å². The van der Waals surface area contributed by atoms with Crippen molar-refractivity contribution in [2.75, 3.05) is 20.2 Å².